The molecule has 0 aromatic carbocycles. The van der Waals surface area contributed by atoms with Crippen molar-refractivity contribution in [1.29, 1.82) is 0 Å². The third-order valence-electron chi connectivity index (χ3n) is 5.90. The van der Waals surface area contributed by atoms with E-state index in [1.165, 1.54) is 27.0 Å². The molecule has 1 aliphatic carbocycles. The fourth-order valence-electron chi connectivity index (χ4n) is 4.53. The number of rotatable bonds is 6. The van der Waals surface area contributed by atoms with Crippen LogP contribution in [0.4, 0.5) is 0 Å². The lowest BCUT2D eigenvalue weighted by Crippen LogP contribution is -2.45. The van der Waals surface area contributed by atoms with Gasteiger partial charge in [0.1, 0.15) is 0 Å². The van der Waals surface area contributed by atoms with Gasteiger partial charge in [0.25, 0.3) is 0 Å². The highest BCUT2D eigenvalue weighted by molar-refractivity contribution is 5.68. The van der Waals surface area contributed by atoms with Gasteiger partial charge in [0, 0.05) is 32.3 Å². The van der Waals surface area contributed by atoms with Crippen LogP contribution in [0.15, 0.2) is 47.3 Å². The van der Waals surface area contributed by atoms with Gasteiger partial charge in [-0.15, -0.1) is 0 Å². The predicted octanol–water partition coefficient (Wildman–Crippen LogP) is 2.87. The summed E-state index contributed by atoms with van der Waals surface area (Å²) in [5.41, 5.74) is 2.35. The molecule has 0 saturated heterocycles. The summed E-state index contributed by atoms with van der Waals surface area (Å²) in [5, 5.41) is 21.4. The third kappa shape index (κ3) is 7.80. The first kappa shape index (κ1) is 28.3. The number of ether oxygens (including phenoxy) is 4. The van der Waals surface area contributed by atoms with Crippen molar-refractivity contribution in [2.75, 3.05) is 0 Å². The number of aliphatic hydroxyl groups is 2. The van der Waals surface area contributed by atoms with E-state index in [1.54, 1.807) is 19.1 Å². The minimum absolute atomic E-state index is 0.130. The molecule has 0 aromatic heterocycles. The smallest absolute Gasteiger partial charge is 0.305 e. The Hall–Kier alpha value is -2.91. The Morgan fingerprint density at radius 1 is 1.09 bits per heavy atom. The molecule has 2 aliphatic rings. The van der Waals surface area contributed by atoms with Crippen molar-refractivity contribution in [1.82, 2.24) is 0 Å². The van der Waals surface area contributed by atoms with Gasteiger partial charge in [0.15, 0.2) is 12.2 Å². The number of aliphatic hydroxyl groups excluding tert-OH is 2. The van der Waals surface area contributed by atoms with Crippen LogP contribution in [0.1, 0.15) is 54.4 Å². The van der Waals surface area contributed by atoms with Crippen molar-refractivity contribution in [3.05, 3.63) is 47.3 Å². The lowest BCUT2D eigenvalue weighted by molar-refractivity contribution is -0.183. The molecule has 0 bridgehead atoms. The molecule has 0 fully saturated rings. The Balaban J connectivity index is 2.68. The maximum absolute atomic E-state index is 12.1. The highest BCUT2D eigenvalue weighted by Crippen LogP contribution is 2.44. The molecule has 9 nitrogen and oxygen atoms in total. The Morgan fingerprint density at radius 2 is 1.71 bits per heavy atom. The van der Waals surface area contributed by atoms with Gasteiger partial charge in [-0.25, -0.2) is 0 Å². The van der Waals surface area contributed by atoms with E-state index in [-0.39, 0.29) is 12.8 Å². The van der Waals surface area contributed by atoms with Crippen LogP contribution in [-0.4, -0.2) is 58.8 Å². The van der Waals surface area contributed by atoms with Crippen LogP contribution in [0.5, 0.6) is 0 Å². The highest BCUT2D eigenvalue weighted by atomic mass is 16.7. The quantitative estimate of drug-likeness (QED) is 0.327. The minimum atomic E-state index is -1.08. The standard InChI is InChI=1S/C26H36O9/c1-13(2)8-23(33-16(5)27)25(34-17(6)28)21-12-32-26(35-18(7)29)24-15(4)10-19(30)9-14(3)22(31)11-20(21)24/h8-9,12,19-20,22-26,30-31H,4,10-11H2,1-3,5-7H3. The lowest BCUT2D eigenvalue weighted by Gasteiger charge is -2.42. The summed E-state index contributed by atoms with van der Waals surface area (Å²) in [7, 11) is 0. The molecule has 7 unspecified atom stereocenters. The van der Waals surface area contributed by atoms with Crippen LogP contribution in [-0.2, 0) is 33.3 Å². The number of hydrogen-bond acceptors (Lipinski definition) is 9. The van der Waals surface area contributed by atoms with Crippen LogP contribution >= 0.6 is 0 Å². The largest absolute Gasteiger partial charge is 0.462 e. The van der Waals surface area contributed by atoms with Gasteiger partial charge >= 0.3 is 17.9 Å². The van der Waals surface area contributed by atoms with Gasteiger partial charge in [0.05, 0.1) is 24.4 Å². The van der Waals surface area contributed by atoms with E-state index in [2.05, 4.69) is 6.58 Å². The average molecular weight is 493 g/mol. The van der Waals surface area contributed by atoms with E-state index < -0.39 is 60.4 Å². The molecule has 1 aliphatic heterocycles. The van der Waals surface area contributed by atoms with Crippen LogP contribution in [0, 0.1) is 11.8 Å². The van der Waals surface area contributed by atoms with Crippen LogP contribution in [0.2, 0.25) is 0 Å². The number of esters is 3. The SMILES string of the molecule is C=C1CC(O)C=C(C)C(O)CC2C(C(OC(C)=O)C(C=C(C)C)OC(C)=O)=COC(OC(C)=O)C12. The van der Waals surface area contributed by atoms with Gasteiger partial charge in [-0.05, 0) is 45.3 Å². The van der Waals surface area contributed by atoms with Gasteiger partial charge in [0.2, 0.25) is 6.29 Å². The molecule has 0 spiro atoms. The zero-order valence-electron chi connectivity index (χ0n) is 21.1. The molecule has 194 valence electrons. The van der Waals surface area contributed by atoms with E-state index >= 15 is 0 Å². The van der Waals surface area contributed by atoms with Crippen molar-refractivity contribution in [3.8, 4) is 0 Å². The molecular weight excluding hydrogens is 456 g/mol. The minimum Gasteiger partial charge on any atom is -0.462 e. The Labute approximate surface area is 206 Å². The molecule has 2 N–H and O–H groups in total. The summed E-state index contributed by atoms with van der Waals surface area (Å²) in [6.45, 7) is 13.2. The molecular formula is C26H36O9. The Kier molecular flexibility index (Phi) is 9.85. The van der Waals surface area contributed by atoms with E-state index in [9.17, 15) is 24.6 Å². The molecule has 7 atom stereocenters. The number of fused-ring (bicyclic) bond motifs is 1. The molecule has 0 radical (unpaired) electrons. The monoisotopic (exact) mass is 492 g/mol. The molecule has 9 heteroatoms. The topological polar surface area (TPSA) is 129 Å². The van der Waals surface area contributed by atoms with Crippen molar-refractivity contribution < 1.29 is 43.5 Å². The normalized spacial score (nSPS) is 28.2. The first-order chi connectivity index (χ1) is 16.3. The lowest BCUT2D eigenvalue weighted by atomic mass is 9.73. The third-order valence-corrected chi connectivity index (χ3v) is 5.90. The van der Waals surface area contributed by atoms with E-state index in [0.29, 0.717) is 16.7 Å². The number of allylic oxidation sites excluding steroid dienone is 1. The number of carbonyl (C=O) groups is 3. The van der Waals surface area contributed by atoms with E-state index in [4.69, 9.17) is 18.9 Å². The zero-order valence-corrected chi connectivity index (χ0v) is 21.1. The van der Waals surface area contributed by atoms with Gasteiger partial charge in [-0.3, -0.25) is 14.4 Å². The number of hydrogen-bond donors (Lipinski definition) is 2. The van der Waals surface area contributed by atoms with E-state index in [0.717, 1.165) is 5.57 Å². The maximum Gasteiger partial charge on any atom is 0.305 e. The van der Waals surface area contributed by atoms with Crippen LogP contribution < -0.4 is 0 Å². The first-order valence-electron chi connectivity index (χ1n) is 11.5. The van der Waals surface area contributed by atoms with Crippen LogP contribution in [0.25, 0.3) is 0 Å². The van der Waals surface area contributed by atoms with E-state index in [1.807, 2.05) is 13.8 Å². The summed E-state index contributed by atoms with van der Waals surface area (Å²) < 4.78 is 22.4. The van der Waals surface area contributed by atoms with Crippen molar-refractivity contribution in [2.45, 2.75) is 85.1 Å². The zero-order chi connectivity index (χ0) is 26.4. The molecule has 2 rings (SSSR count). The second-order valence-electron chi connectivity index (χ2n) is 9.30. The number of carbonyl (C=O) groups excluding carboxylic acids is 3. The summed E-state index contributed by atoms with van der Waals surface area (Å²) in [6, 6.07) is 0. The molecule has 35 heavy (non-hydrogen) atoms. The summed E-state index contributed by atoms with van der Waals surface area (Å²) in [6.07, 6.45) is -0.155. The Bertz CT molecular complexity index is 925. The molecule has 0 amide bonds. The summed E-state index contributed by atoms with van der Waals surface area (Å²) in [5.74, 6) is -3.02. The fraction of sp³-hybridized carbons (Fsp3) is 0.577. The molecule has 1 heterocycles. The second kappa shape index (κ2) is 12.2. The molecule has 0 aromatic rings. The van der Waals surface area contributed by atoms with Crippen molar-refractivity contribution >= 4 is 17.9 Å². The average Bonchev–Trinajstić information content (AvgIpc) is 2.73. The van der Waals surface area contributed by atoms with Crippen molar-refractivity contribution in [2.24, 2.45) is 11.8 Å². The second-order valence-corrected chi connectivity index (χ2v) is 9.30. The predicted molar refractivity (Wildman–Crippen MR) is 126 cm³/mol. The van der Waals surface area contributed by atoms with Gasteiger partial charge < -0.3 is 29.2 Å². The first-order valence-corrected chi connectivity index (χ1v) is 11.5. The maximum atomic E-state index is 12.1. The summed E-state index contributed by atoms with van der Waals surface area (Å²) in [4.78, 5) is 35.8. The van der Waals surface area contributed by atoms with Crippen molar-refractivity contribution in [3.63, 3.8) is 0 Å². The molecule has 0 saturated carbocycles. The van der Waals surface area contributed by atoms with Gasteiger partial charge in [-0.1, -0.05) is 23.8 Å². The summed E-state index contributed by atoms with van der Waals surface area (Å²) >= 11 is 0. The highest BCUT2D eigenvalue weighted by Gasteiger charge is 2.46. The fourth-order valence-corrected chi connectivity index (χ4v) is 4.53. The van der Waals surface area contributed by atoms with Gasteiger partial charge in [-0.2, -0.15) is 0 Å². The van der Waals surface area contributed by atoms with Crippen LogP contribution in [0.3, 0.4) is 0 Å². The Morgan fingerprint density at radius 3 is 2.26 bits per heavy atom.